The number of ether oxygens (including phenoxy) is 2. The number of rotatable bonds is 5. The lowest BCUT2D eigenvalue weighted by Gasteiger charge is -2.32. The fourth-order valence-electron chi connectivity index (χ4n) is 1.97. The average molecular weight is 238 g/mol. The first-order valence-electron chi connectivity index (χ1n) is 5.72. The third-order valence-corrected chi connectivity index (χ3v) is 3.04. The number of aliphatic hydroxyl groups excluding tert-OH is 1. The van der Waals surface area contributed by atoms with Crippen LogP contribution in [0, 0.1) is 0 Å². The van der Waals surface area contributed by atoms with Crippen LogP contribution < -0.4 is 14.8 Å². The molecule has 0 aliphatic heterocycles. The van der Waals surface area contributed by atoms with Gasteiger partial charge in [0.15, 0.2) is 11.5 Å². The zero-order valence-corrected chi connectivity index (χ0v) is 10.1. The van der Waals surface area contributed by atoms with E-state index in [2.05, 4.69) is 10.3 Å². The van der Waals surface area contributed by atoms with Gasteiger partial charge in [-0.1, -0.05) is 0 Å². The number of pyridine rings is 1. The smallest absolute Gasteiger partial charge is 0.183 e. The molecule has 0 bridgehead atoms. The highest BCUT2D eigenvalue weighted by Crippen LogP contribution is 2.29. The molecule has 1 aromatic rings. The van der Waals surface area contributed by atoms with Crippen molar-refractivity contribution in [3.8, 4) is 11.5 Å². The summed E-state index contributed by atoms with van der Waals surface area (Å²) >= 11 is 0. The lowest BCUT2D eigenvalue weighted by molar-refractivity contribution is 0.0617. The highest BCUT2D eigenvalue weighted by Gasteiger charge is 2.26. The van der Waals surface area contributed by atoms with Gasteiger partial charge in [-0.05, 0) is 12.8 Å². The fourth-order valence-corrected chi connectivity index (χ4v) is 1.97. The van der Waals surface area contributed by atoms with Gasteiger partial charge in [0.25, 0.3) is 0 Å². The number of nitrogens with zero attached hydrogens (tertiary/aromatic N) is 1. The quantitative estimate of drug-likeness (QED) is 0.791. The van der Waals surface area contributed by atoms with E-state index in [9.17, 15) is 5.11 Å². The molecule has 17 heavy (non-hydrogen) atoms. The van der Waals surface area contributed by atoms with Crippen molar-refractivity contribution >= 4 is 0 Å². The Bertz CT molecular complexity index is 378. The Balaban J connectivity index is 1.99. The second-order valence-corrected chi connectivity index (χ2v) is 4.20. The van der Waals surface area contributed by atoms with E-state index in [1.807, 2.05) is 0 Å². The van der Waals surface area contributed by atoms with Crippen LogP contribution in [0.2, 0.25) is 0 Å². The Labute approximate surface area is 101 Å². The minimum absolute atomic E-state index is 0.146. The van der Waals surface area contributed by atoms with Crippen LogP contribution in [0.3, 0.4) is 0 Å². The molecule has 1 aliphatic carbocycles. The molecule has 1 aliphatic rings. The summed E-state index contributed by atoms with van der Waals surface area (Å²) in [5.74, 6) is 1.36. The second kappa shape index (κ2) is 5.33. The van der Waals surface area contributed by atoms with E-state index in [1.165, 1.54) is 0 Å². The molecule has 1 fully saturated rings. The van der Waals surface area contributed by atoms with Gasteiger partial charge in [-0.2, -0.15) is 0 Å². The number of hydrogen-bond donors (Lipinski definition) is 2. The zero-order valence-electron chi connectivity index (χ0n) is 10.1. The molecule has 5 nitrogen and oxygen atoms in total. The molecule has 1 saturated carbocycles. The Morgan fingerprint density at radius 2 is 2.18 bits per heavy atom. The molecule has 0 radical (unpaired) electrons. The topological polar surface area (TPSA) is 63.6 Å². The molecule has 0 spiro atoms. The largest absolute Gasteiger partial charge is 0.493 e. The molecule has 0 unspecified atom stereocenters. The molecule has 1 heterocycles. The highest BCUT2D eigenvalue weighted by molar-refractivity contribution is 5.42. The maximum absolute atomic E-state index is 9.20. The van der Waals surface area contributed by atoms with Crippen molar-refractivity contribution in [1.29, 1.82) is 0 Å². The predicted octanol–water partition coefficient (Wildman–Crippen LogP) is 0.712. The van der Waals surface area contributed by atoms with Gasteiger partial charge in [-0.15, -0.1) is 0 Å². The Hall–Kier alpha value is -1.33. The standard InChI is InChI=1S/C12H18N2O3/c1-16-11-3-4-13-10(12(11)17-2)7-14-8-5-9(15)6-8/h3-4,8-9,14-15H,5-7H2,1-2H3. The summed E-state index contributed by atoms with van der Waals surface area (Å²) in [4.78, 5) is 4.28. The zero-order chi connectivity index (χ0) is 12.3. The minimum Gasteiger partial charge on any atom is -0.493 e. The molecule has 0 amide bonds. The first-order chi connectivity index (χ1) is 8.24. The SMILES string of the molecule is COc1ccnc(CNC2CC(O)C2)c1OC. The number of aromatic nitrogens is 1. The van der Waals surface area contributed by atoms with Crippen LogP contribution in [-0.2, 0) is 6.54 Å². The van der Waals surface area contributed by atoms with E-state index in [-0.39, 0.29) is 6.10 Å². The van der Waals surface area contributed by atoms with Crippen LogP contribution in [0.4, 0.5) is 0 Å². The van der Waals surface area contributed by atoms with Crippen LogP contribution in [0.5, 0.6) is 11.5 Å². The average Bonchev–Trinajstić information content (AvgIpc) is 2.32. The first kappa shape index (κ1) is 12.1. The third-order valence-electron chi connectivity index (χ3n) is 3.04. The van der Waals surface area contributed by atoms with Crippen LogP contribution in [0.1, 0.15) is 18.5 Å². The van der Waals surface area contributed by atoms with Gasteiger partial charge in [0, 0.05) is 24.8 Å². The second-order valence-electron chi connectivity index (χ2n) is 4.20. The van der Waals surface area contributed by atoms with E-state index >= 15 is 0 Å². The van der Waals surface area contributed by atoms with Gasteiger partial charge < -0.3 is 19.9 Å². The van der Waals surface area contributed by atoms with Crippen LogP contribution >= 0.6 is 0 Å². The molecule has 2 rings (SSSR count). The number of methoxy groups -OCH3 is 2. The Kier molecular flexibility index (Phi) is 3.81. The summed E-state index contributed by atoms with van der Waals surface area (Å²) in [6, 6.07) is 2.15. The van der Waals surface area contributed by atoms with E-state index in [4.69, 9.17) is 9.47 Å². The Morgan fingerprint density at radius 3 is 2.76 bits per heavy atom. The molecular formula is C12H18N2O3. The molecule has 5 heteroatoms. The molecule has 0 saturated heterocycles. The van der Waals surface area contributed by atoms with Gasteiger partial charge in [0.1, 0.15) is 0 Å². The van der Waals surface area contributed by atoms with Crippen molar-refractivity contribution in [3.63, 3.8) is 0 Å². The summed E-state index contributed by atoms with van der Waals surface area (Å²) in [5, 5.41) is 12.5. The molecular weight excluding hydrogens is 220 g/mol. The number of aliphatic hydroxyl groups is 1. The normalized spacial score (nSPS) is 23.0. The van der Waals surface area contributed by atoms with Gasteiger partial charge in [-0.25, -0.2) is 0 Å². The van der Waals surface area contributed by atoms with E-state index in [0.29, 0.717) is 24.1 Å². The minimum atomic E-state index is -0.146. The van der Waals surface area contributed by atoms with E-state index in [1.54, 1.807) is 26.5 Å². The van der Waals surface area contributed by atoms with Crippen LogP contribution in [0.25, 0.3) is 0 Å². The summed E-state index contributed by atoms with van der Waals surface area (Å²) in [6.45, 7) is 0.623. The lowest BCUT2D eigenvalue weighted by atomic mass is 9.89. The van der Waals surface area contributed by atoms with E-state index < -0.39 is 0 Å². The van der Waals surface area contributed by atoms with Crippen molar-refractivity contribution < 1.29 is 14.6 Å². The van der Waals surface area contributed by atoms with Gasteiger partial charge >= 0.3 is 0 Å². The van der Waals surface area contributed by atoms with Crippen molar-refractivity contribution in [3.05, 3.63) is 18.0 Å². The Morgan fingerprint density at radius 1 is 1.41 bits per heavy atom. The van der Waals surface area contributed by atoms with Gasteiger partial charge in [-0.3, -0.25) is 4.98 Å². The lowest BCUT2D eigenvalue weighted by Crippen LogP contribution is -2.43. The summed E-state index contributed by atoms with van der Waals surface area (Å²) in [7, 11) is 3.22. The molecule has 2 N–H and O–H groups in total. The van der Waals surface area contributed by atoms with E-state index in [0.717, 1.165) is 18.5 Å². The van der Waals surface area contributed by atoms with Crippen molar-refractivity contribution in [2.45, 2.75) is 31.5 Å². The van der Waals surface area contributed by atoms with Crippen LogP contribution in [-0.4, -0.2) is 36.5 Å². The molecule has 1 aromatic heterocycles. The third kappa shape index (κ3) is 2.68. The number of nitrogens with one attached hydrogen (secondary N) is 1. The molecule has 0 atom stereocenters. The molecule has 94 valence electrons. The van der Waals surface area contributed by atoms with Gasteiger partial charge in [0.2, 0.25) is 0 Å². The van der Waals surface area contributed by atoms with Crippen molar-refractivity contribution in [2.75, 3.05) is 14.2 Å². The first-order valence-corrected chi connectivity index (χ1v) is 5.72. The van der Waals surface area contributed by atoms with Crippen molar-refractivity contribution in [1.82, 2.24) is 10.3 Å². The fraction of sp³-hybridized carbons (Fsp3) is 0.583. The maximum atomic E-state index is 9.20. The maximum Gasteiger partial charge on any atom is 0.183 e. The number of hydrogen-bond acceptors (Lipinski definition) is 5. The van der Waals surface area contributed by atoms with Crippen LogP contribution in [0.15, 0.2) is 12.3 Å². The highest BCUT2D eigenvalue weighted by atomic mass is 16.5. The summed E-state index contributed by atoms with van der Waals surface area (Å²) < 4.78 is 10.5. The monoisotopic (exact) mass is 238 g/mol. The predicted molar refractivity (Wildman–Crippen MR) is 63.2 cm³/mol. The summed E-state index contributed by atoms with van der Waals surface area (Å²) in [5.41, 5.74) is 0.827. The van der Waals surface area contributed by atoms with Gasteiger partial charge in [0.05, 0.1) is 26.0 Å². The summed E-state index contributed by atoms with van der Waals surface area (Å²) in [6.07, 6.45) is 3.18. The molecule has 0 aromatic carbocycles. The van der Waals surface area contributed by atoms with Crippen molar-refractivity contribution in [2.24, 2.45) is 0 Å².